The monoisotopic (exact) mass is 234 g/mol. The molecule has 0 N–H and O–H groups in total. The number of benzene rings is 1. The molecule has 0 aromatic heterocycles. The van der Waals surface area contributed by atoms with E-state index in [0.717, 1.165) is 0 Å². The molecule has 0 atom stereocenters. The van der Waals surface area contributed by atoms with Gasteiger partial charge < -0.3 is 0 Å². The zero-order chi connectivity index (χ0) is 11.5. The smallest absolute Gasteiger partial charge is 0.298 e. The Hall–Kier alpha value is -1.29. The zero-order valence-corrected chi connectivity index (χ0v) is 8.14. The lowest BCUT2D eigenvalue weighted by atomic mass is 10.1. The van der Waals surface area contributed by atoms with Gasteiger partial charge in [0, 0.05) is 5.57 Å². The summed E-state index contributed by atoms with van der Waals surface area (Å²) in [6, 6.07) is 7.46. The number of allylic oxidation sites excluding steroid dienone is 2. The molecule has 0 saturated carbocycles. The van der Waals surface area contributed by atoms with Gasteiger partial charge in [0.2, 0.25) is 0 Å². The fourth-order valence-electron chi connectivity index (χ4n) is 1.02. The molecule has 0 saturated heterocycles. The number of halogens is 4. The molecule has 0 aliphatic carbocycles. The molecule has 1 aromatic rings. The summed E-state index contributed by atoms with van der Waals surface area (Å²) in [4.78, 5) is 10.6. The standard InChI is InChI=1S/C10H6ClF3O/c11-9(10(12,13)14)8(6-15)7-4-2-1-3-5-7/h1-6H/b9-8-. The van der Waals surface area contributed by atoms with Gasteiger partial charge in [-0.25, -0.2) is 0 Å². The molecule has 0 radical (unpaired) electrons. The van der Waals surface area contributed by atoms with Crippen molar-refractivity contribution < 1.29 is 18.0 Å². The minimum absolute atomic E-state index is 0.102. The molecule has 0 aliphatic heterocycles. The number of carbonyl (C=O) groups is 1. The Morgan fingerprint density at radius 3 is 2.13 bits per heavy atom. The lowest BCUT2D eigenvalue weighted by Crippen LogP contribution is -2.10. The second-order valence-electron chi connectivity index (χ2n) is 2.71. The highest BCUT2D eigenvalue weighted by Crippen LogP contribution is 2.34. The first-order valence-electron chi connectivity index (χ1n) is 3.94. The summed E-state index contributed by atoms with van der Waals surface area (Å²) >= 11 is 5.08. The van der Waals surface area contributed by atoms with Gasteiger partial charge in [0.05, 0.1) is 0 Å². The number of alkyl halides is 3. The summed E-state index contributed by atoms with van der Waals surface area (Å²) in [5.74, 6) is 0. The fraction of sp³-hybridized carbons (Fsp3) is 0.100. The molecule has 0 aliphatic rings. The molecule has 0 fully saturated rings. The second kappa shape index (κ2) is 4.49. The second-order valence-corrected chi connectivity index (χ2v) is 3.09. The van der Waals surface area contributed by atoms with E-state index < -0.39 is 16.8 Å². The third-order valence-corrected chi connectivity index (χ3v) is 2.11. The Morgan fingerprint density at radius 2 is 1.73 bits per heavy atom. The lowest BCUT2D eigenvalue weighted by Gasteiger charge is -2.08. The summed E-state index contributed by atoms with van der Waals surface area (Å²) in [5, 5.41) is -1.40. The van der Waals surface area contributed by atoms with Crippen LogP contribution in [0.1, 0.15) is 5.56 Å². The molecule has 0 amide bonds. The van der Waals surface area contributed by atoms with Gasteiger partial charge in [-0.1, -0.05) is 41.9 Å². The highest BCUT2D eigenvalue weighted by Gasteiger charge is 2.35. The first kappa shape index (κ1) is 11.8. The molecular formula is C10H6ClF3O. The van der Waals surface area contributed by atoms with Crippen LogP contribution >= 0.6 is 11.6 Å². The third kappa shape index (κ3) is 2.83. The van der Waals surface area contributed by atoms with Crippen molar-refractivity contribution in [2.45, 2.75) is 6.18 Å². The van der Waals surface area contributed by atoms with E-state index in [1.54, 1.807) is 6.07 Å². The largest absolute Gasteiger partial charge is 0.427 e. The Kier molecular flexibility index (Phi) is 3.52. The van der Waals surface area contributed by atoms with Gasteiger partial charge >= 0.3 is 6.18 Å². The predicted octanol–water partition coefficient (Wildman–Crippen LogP) is 3.40. The molecule has 1 aromatic carbocycles. The number of aldehydes is 1. The Labute approximate surface area is 89.2 Å². The van der Waals surface area contributed by atoms with Crippen molar-refractivity contribution >= 4 is 23.5 Å². The first-order valence-corrected chi connectivity index (χ1v) is 4.32. The first-order chi connectivity index (χ1) is 6.96. The van der Waals surface area contributed by atoms with Crippen LogP contribution in [-0.4, -0.2) is 12.5 Å². The summed E-state index contributed by atoms with van der Waals surface area (Å²) in [6.07, 6.45) is -4.60. The summed E-state index contributed by atoms with van der Waals surface area (Å²) in [6.45, 7) is 0. The van der Waals surface area contributed by atoms with Crippen LogP contribution in [0.5, 0.6) is 0 Å². The van der Waals surface area contributed by atoms with E-state index >= 15 is 0 Å². The van der Waals surface area contributed by atoms with Gasteiger partial charge in [-0.2, -0.15) is 13.2 Å². The van der Waals surface area contributed by atoms with Gasteiger partial charge in [0.25, 0.3) is 0 Å². The van der Waals surface area contributed by atoms with Crippen LogP contribution in [0, 0.1) is 0 Å². The minimum atomic E-state index is -4.70. The van der Waals surface area contributed by atoms with Gasteiger partial charge in [-0.15, -0.1) is 0 Å². The fourth-order valence-corrected chi connectivity index (χ4v) is 1.17. The number of rotatable bonds is 2. The SMILES string of the molecule is O=C/C(=C(/Cl)C(F)(F)F)c1ccccc1. The van der Waals surface area contributed by atoms with Crippen molar-refractivity contribution in [3.05, 3.63) is 40.9 Å². The molecule has 0 bridgehead atoms. The summed E-state index contributed by atoms with van der Waals surface area (Å²) in [7, 11) is 0. The maximum absolute atomic E-state index is 12.2. The average Bonchev–Trinajstić information content (AvgIpc) is 2.19. The van der Waals surface area contributed by atoms with Crippen LogP contribution in [0.2, 0.25) is 0 Å². The van der Waals surface area contributed by atoms with Crippen molar-refractivity contribution in [3.8, 4) is 0 Å². The maximum atomic E-state index is 12.2. The molecule has 0 unspecified atom stereocenters. The predicted molar refractivity (Wildman–Crippen MR) is 51.3 cm³/mol. The summed E-state index contributed by atoms with van der Waals surface area (Å²) in [5.41, 5.74) is -0.403. The van der Waals surface area contributed by atoms with Crippen LogP contribution in [-0.2, 0) is 4.79 Å². The molecule has 80 valence electrons. The molecule has 0 heterocycles. The van der Waals surface area contributed by atoms with Crippen LogP contribution in [0.4, 0.5) is 13.2 Å². The topological polar surface area (TPSA) is 17.1 Å². The van der Waals surface area contributed by atoms with Crippen LogP contribution in [0.15, 0.2) is 35.4 Å². The Morgan fingerprint density at radius 1 is 1.20 bits per heavy atom. The lowest BCUT2D eigenvalue weighted by molar-refractivity contribution is -0.104. The van der Waals surface area contributed by atoms with Crippen LogP contribution in [0.25, 0.3) is 5.57 Å². The number of carbonyl (C=O) groups excluding carboxylic acids is 1. The molecule has 5 heteroatoms. The van der Waals surface area contributed by atoms with Crippen LogP contribution in [0.3, 0.4) is 0 Å². The maximum Gasteiger partial charge on any atom is 0.427 e. The molecule has 15 heavy (non-hydrogen) atoms. The van der Waals surface area contributed by atoms with E-state index in [1.165, 1.54) is 24.3 Å². The molecule has 1 nitrogen and oxygen atoms in total. The van der Waals surface area contributed by atoms with Crippen molar-refractivity contribution in [3.63, 3.8) is 0 Å². The van der Waals surface area contributed by atoms with Crippen molar-refractivity contribution in [1.29, 1.82) is 0 Å². The van der Waals surface area contributed by atoms with E-state index in [-0.39, 0.29) is 11.8 Å². The van der Waals surface area contributed by atoms with E-state index in [4.69, 9.17) is 11.6 Å². The highest BCUT2D eigenvalue weighted by molar-refractivity contribution is 6.37. The van der Waals surface area contributed by atoms with Crippen molar-refractivity contribution in [1.82, 2.24) is 0 Å². The minimum Gasteiger partial charge on any atom is -0.298 e. The van der Waals surface area contributed by atoms with Gasteiger partial charge in [-0.05, 0) is 5.56 Å². The average molecular weight is 235 g/mol. The van der Waals surface area contributed by atoms with Crippen molar-refractivity contribution in [2.75, 3.05) is 0 Å². The Bertz CT molecular complexity index is 381. The summed E-state index contributed by atoms with van der Waals surface area (Å²) < 4.78 is 36.7. The van der Waals surface area contributed by atoms with E-state index in [2.05, 4.69) is 0 Å². The number of hydrogen-bond donors (Lipinski definition) is 0. The third-order valence-electron chi connectivity index (χ3n) is 1.69. The van der Waals surface area contributed by atoms with Gasteiger partial charge in [-0.3, -0.25) is 4.79 Å². The Balaban J connectivity index is 3.26. The number of hydrogen-bond acceptors (Lipinski definition) is 1. The normalized spacial score (nSPS) is 13.3. The van der Waals surface area contributed by atoms with E-state index in [9.17, 15) is 18.0 Å². The molecule has 1 rings (SSSR count). The quantitative estimate of drug-likeness (QED) is 0.566. The molecular weight excluding hydrogens is 229 g/mol. The molecule has 0 spiro atoms. The zero-order valence-electron chi connectivity index (χ0n) is 7.38. The van der Waals surface area contributed by atoms with Crippen LogP contribution < -0.4 is 0 Å². The highest BCUT2D eigenvalue weighted by atomic mass is 35.5. The van der Waals surface area contributed by atoms with E-state index in [1.807, 2.05) is 0 Å². The van der Waals surface area contributed by atoms with Gasteiger partial charge in [0.15, 0.2) is 6.29 Å². The van der Waals surface area contributed by atoms with E-state index in [0.29, 0.717) is 0 Å². The van der Waals surface area contributed by atoms with Gasteiger partial charge in [0.1, 0.15) is 5.03 Å². The van der Waals surface area contributed by atoms with Crippen molar-refractivity contribution in [2.24, 2.45) is 0 Å².